The summed E-state index contributed by atoms with van der Waals surface area (Å²) in [6.07, 6.45) is 0.497. The molecular weight excluding hydrogens is 658 g/mol. The number of carbonyl (C=O) groups is 2. The predicted octanol–water partition coefficient (Wildman–Crippen LogP) is 6.53. The Morgan fingerprint density at radius 3 is 2.41 bits per heavy atom. The molecule has 0 bridgehead atoms. The van der Waals surface area contributed by atoms with Crippen LogP contribution in [0.25, 0.3) is 22.5 Å². The number of carbonyl (C=O) groups excluding carboxylic acids is 1. The molecule has 5 aromatic rings. The van der Waals surface area contributed by atoms with Crippen molar-refractivity contribution in [2.24, 2.45) is 0 Å². The number of carboxylic acids is 1. The number of rotatable bonds is 15. The van der Waals surface area contributed by atoms with E-state index in [1.807, 2.05) is 48.5 Å². The first-order valence-electron chi connectivity index (χ1n) is 15.3. The van der Waals surface area contributed by atoms with Gasteiger partial charge in [0, 0.05) is 18.5 Å². The number of hydrogen-bond donors (Lipinski definition) is 1. The van der Waals surface area contributed by atoms with Crippen molar-refractivity contribution in [3.8, 4) is 22.5 Å². The third kappa shape index (κ3) is 8.75. The van der Waals surface area contributed by atoms with Crippen LogP contribution in [0, 0.1) is 10.1 Å². The topological polar surface area (TPSA) is 187 Å². The van der Waals surface area contributed by atoms with E-state index < -0.39 is 23.4 Å². The Labute approximate surface area is 285 Å². The molecule has 1 atom stereocenters. The number of unbranched alkanes of at least 4 members (excludes halogenated alkanes) is 1. The Hall–Kier alpha value is -5.83. The van der Waals surface area contributed by atoms with E-state index in [0.29, 0.717) is 41.3 Å². The highest BCUT2D eigenvalue weighted by atomic mass is 35.5. The second-order valence-corrected chi connectivity index (χ2v) is 11.3. The lowest BCUT2D eigenvalue weighted by Crippen LogP contribution is -2.18. The van der Waals surface area contributed by atoms with Crippen LogP contribution in [0.1, 0.15) is 65.9 Å². The van der Waals surface area contributed by atoms with Crippen LogP contribution in [0.4, 0.5) is 4.79 Å². The minimum Gasteiger partial charge on any atom is -0.476 e. The molecule has 16 heteroatoms. The van der Waals surface area contributed by atoms with Crippen LogP contribution < -0.4 is 0 Å². The number of aromatic nitrogens is 6. The number of halogens is 1. The van der Waals surface area contributed by atoms with E-state index >= 15 is 0 Å². The molecule has 1 unspecified atom stereocenters. The Morgan fingerprint density at radius 2 is 1.71 bits per heavy atom. The van der Waals surface area contributed by atoms with Gasteiger partial charge in [0.25, 0.3) is 5.09 Å². The Balaban J connectivity index is 1.25. The van der Waals surface area contributed by atoms with Gasteiger partial charge < -0.3 is 24.0 Å². The van der Waals surface area contributed by atoms with E-state index in [1.165, 1.54) is 0 Å². The minimum absolute atomic E-state index is 0.0214. The summed E-state index contributed by atoms with van der Waals surface area (Å²) in [7, 11) is 0. The molecule has 0 amide bonds. The molecule has 1 N–H and O–H groups in total. The quantitative estimate of drug-likeness (QED) is 0.0713. The van der Waals surface area contributed by atoms with E-state index in [4.69, 9.17) is 21.1 Å². The number of imidazole rings is 1. The Bertz CT molecular complexity index is 1940. The van der Waals surface area contributed by atoms with Crippen LogP contribution in [0.2, 0.25) is 5.15 Å². The molecule has 2 heterocycles. The third-order valence-electron chi connectivity index (χ3n) is 7.44. The van der Waals surface area contributed by atoms with Crippen molar-refractivity contribution >= 4 is 23.7 Å². The maximum absolute atomic E-state index is 12.4. The van der Waals surface area contributed by atoms with Crippen molar-refractivity contribution in [3.05, 3.63) is 116 Å². The fraction of sp³-hybridized carbons (Fsp3) is 0.273. The third-order valence-corrected chi connectivity index (χ3v) is 7.70. The number of hydrogen-bond acceptors (Lipinski definition) is 11. The molecule has 3 aromatic carbocycles. The second-order valence-electron chi connectivity index (χ2n) is 10.9. The molecule has 0 radical (unpaired) electrons. The van der Waals surface area contributed by atoms with E-state index in [2.05, 4.69) is 32.2 Å². The molecule has 0 aliphatic heterocycles. The summed E-state index contributed by atoms with van der Waals surface area (Å²) >= 11 is 6.19. The van der Waals surface area contributed by atoms with Crippen molar-refractivity contribution in [2.45, 2.75) is 59.1 Å². The maximum Gasteiger partial charge on any atom is 0.510 e. The van der Waals surface area contributed by atoms with Crippen LogP contribution in [-0.4, -0.2) is 52.1 Å². The summed E-state index contributed by atoms with van der Waals surface area (Å²) in [6, 6.07) is 21.8. The summed E-state index contributed by atoms with van der Waals surface area (Å²) in [5.74, 6) is -0.197. The van der Waals surface area contributed by atoms with Gasteiger partial charge in [0.1, 0.15) is 19.0 Å². The average Bonchev–Trinajstić information content (AvgIpc) is 3.71. The fourth-order valence-electron chi connectivity index (χ4n) is 5.06. The molecule has 5 rings (SSSR count). The molecule has 0 aliphatic rings. The van der Waals surface area contributed by atoms with Gasteiger partial charge in [-0.3, -0.25) is 0 Å². The number of aromatic carboxylic acids is 1. The first-order valence-corrected chi connectivity index (χ1v) is 15.7. The molecule has 0 aliphatic carbocycles. The summed E-state index contributed by atoms with van der Waals surface area (Å²) in [6.45, 7) is 3.55. The first kappa shape index (κ1) is 34.5. The van der Waals surface area contributed by atoms with Gasteiger partial charge in [-0.05, 0) is 46.4 Å². The molecule has 15 nitrogen and oxygen atoms in total. The average molecular weight is 690 g/mol. The molecule has 0 spiro atoms. The number of benzene rings is 3. The summed E-state index contributed by atoms with van der Waals surface area (Å²) in [4.78, 5) is 44.6. The van der Waals surface area contributed by atoms with Gasteiger partial charge in [-0.25, -0.2) is 14.6 Å². The standard InChI is InChI=1S/C33H32ClN7O8/c1-3-4-12-28-35-30(34)29(32(42)43)39(28)18-22-13-15-25(16-14-22)26-10-5-6-11-27(26)31-36-38-40(37-31)21(2)49-33(44)47-19-23-8-7-9-24(17-23)20-48-41(45)46/h5-11,13-17,21H,3-4,12,18-20H2,1-2H3,(H,42,43). The summed E-state index contributed by atoms with van der Waals surface area (Å²) in [5, 5.41) is 32.0. The van der Waals surface area contributed by atoms with Crippen LogP contribution in [-0.2, 0) is 40.5 Å². The van der Waals surface area contributed by atoms with Crippen molar-refractivity contribution in [1.29, 1.82) is 0 Å². The van der Waals surface area contributed by atoms with Crippen LogP contribution in [0.3, 0.4) is 0 Å². The highest BCUT2D eigenvalue weighted by Gasteiger charge is 2.22. The first-order chi connectivity index (χ1) is 23.6. The van der Waals surface area contributed by atoms with Crippen LogP contribution in [0.15, 0.2) is 72.8 Å². The molecule has 254 valence electrons. The molecule has 0 saturated carbocycles. The summed E-state index contributed by atoms with van der Waals surface area (Å²) < 4.78 is 12.2. The number of tetrazole rings is 1. The second kappa shape index (κ2) is 15.8. The lowest BCUT2D eigenvalue weighted by molar-refractivity contribution is -0.763. The van der Waals surface area contributed by atoms with Gasteiger partial charge >= 0.3 is 12.1 Å². The summed E-state index contributed by atoms with van der Waals surface area (Å²) in [5.41, 5.74) is 4.35. The van der Waals surface area contributed by atoms with E-state index in [1.54, 1.807) is 35.8 Å². The number of nitrogens with zero attached hydrogens (tertiary/aromatic N) is 7. The monoisotopic (exact) mass is 689 g/mol. The van der Waals surface area contributed by atoms with Crippen molar-refractivity contribution in [1.82, 2.24) is 29.8 Å². The molecule has 0 fully saturated rings. The number of ether oxygens (including phenoxy) is 2. The number of carboxylic acid groups (broad SMARTS) is 1. The molecule has 2 aromatic heterocycles. The zero-order valence-corrected chi connectivity index (χ0v) is 27.3. The molecule has 49 heavy (non-hydrogen) atoms. The van der Waals surface area contributed by atoms with Crippen molar-refractivity contribution in [3.63, 3.8) is 0 Å². The largest absolute Gasteiger partial charge is 0.510 e. The van der Waals surface area contributed by atoms with E-state index in [9.17, 15) is 24.8 Å². The van der Waals surface area contributed by atoms with Crippen molar-refractivity contribution < 1.29 is 34.1 Å². The van der Waals surface area contributed by atoms with Crippen LogP contribution in [0.5, 0.6) is 0 Å². The van der Waals surface area contributed by atoms with Gasteiger partial charge in [0.05, 0.1) is 0 Å². The van der Waals surface area contributed by atoms with Crippen LogP contribution >= 0.6 is 11.6 Å². The molecular formula is C33H32ClN7O8. The van der Waals surface area contributed by atoms with Gasteiger partial charge in [0.15, 0.2) is 10.8 Å². The number of aryl methyl sites for hydroxylation is 1. The van der Waals surface area contributed by atoms with Crippen molar-refractivity contribution in [2.75, 3.05) is 0 Å². The molecule has 0 saturated heterocycles. The zero-order chi connectivity index (χ0) is 34.9. The smallest absolute Gasteiger partial charge is 0.476 e. The SMILES string of the molecule is CCCCc1nc(Cl)c(C(=O)O)n1Cc1ccc(-c2ccccc2-c2nnn(C(C)OC(=O)OCc3cccc(CO[N+](=O)[O-])c3)n2)cc1. The van der Waals surface area contributed by atoms with Gasteiger partial charge in [-0.1, -0.05) is 97.7 Å². The van der Waals surface area contributed by atoms with E-state index in [0.717, 1.165) is 34.3 Å². The Morgan fingerprint density at radius 1 is 1.00 bits per heavy atom. The predicted molar refractivity (Wildman–Crippen MR) is 175 cm³/mol. The van der Waals surface area contributed by atoms with E-state index in [-0.39, 0.29) is 24.1 Å². The highest BCUT2D eigenvalue weighted by molar-refractivity contribution is 6.32. The van der Waals surface area contributed by atoms with Gasteiger partial charge in [-0.2, -0.15) is 0 Å². The minimum atomic E-state index is -1.13. The maximum atomic E-state index is 12.4. The Kier molecular flexibility index (Phi) is 11.2. The van der Waals surface area contributed by atoms with Gasteiger partial charge in [-0.15, -0.1) is 25.1 Å². The lowest BCUT2D eigenvalue weighted by Gasteiger charge is -2.12. The highest BCUT2D eigenvalue weighted by Crippen LogP contribution is 2.31. The van der Waals surface area contributed by atoms with Gasteiger partial charge in [0.2, 0.25) is 12.1 Å². The lowest BCUT2D eigenvalue weighted by atomic mass is 9.98. The normalized spacial score (nSPS) is 11.6. The fourth-order valence-corrected chi connectivity index (χ4v) is 5.34. The zero-order valence-electron chi connectivity index (χ0n) is 26.6.